The third-order valence-electron chi connectivity index (χ3n) is 3.47. The van der Waals surface area contributed by atoms with Crippen LogP contribution in [0.5, 0.6) is 0 Å². The van der Waals surface area contributed by atoms with Crippen LogP contribution in [0.3, 0.4) is 0 Å². The predicted octanol–water partition coefficient (Wildman–Crippen LogP) is 1.63. The molecule has 1 aliphatic heterocycles. The summed E-state index contributed by atoms with van der Waals surface area (Å²) in [6.45, 7) is 5.25. The standard InChI is InChI=1S/C13H21N3O2/c1-9(8-14)6-13(17)16-5-3-4-11(16)12-7-10(2)15-18-12/h7,9,11H,3-6,8,14H2,1-2H3. The van der Waals surface area contributed by atoms with E-state index in [2.05, 4.69) is 5.16 Å². The van der Waals surface area contributed by atoms with E-state index in [1.165, 1.54) is 0 Å². The molecule has 1 aliphatic rings. The van der Waals surface area contributed by atoms with Crippen molar-refractivity contribution in [3.05, 3.63) is 17.5 Å². The first kappa shape index (κ1) is 13.1. The highest BCUT2D eigenvalue weighted by Gasteiger charge is 2.32. The Balaban J connectivity index is 2.05. The van der Waals surface area contributed by atoms with Crippen molar-refractivity contribution in [1.82, 2.24) is 10.1 Å². The summed E-state index contributed by atoms with van der Waals surface area (Å²) < 4.78 is 5.29. The van der Waals surface area contributed by atoms with E-state index >= 15 is 0 Å². The van der Waals surface area contributed by atoms with Crippen molar-refractivity contribution in [2.45, 2.75) is 39.2 Å². The second kappa shape index (κ2) is 5.52. The normalized spacial score (nSPS) is 21.3. The van der Waals surface area contributed by atoms with E-state index in [0.717, 1.165) is 30.8 Å². The summed E-state index contributed by atoms with van der Waals surface area (Å²) in [5.74, 6) is 1.21. The van der Waals surface area contributed by atoms with Gasteiger partial charge in [-0.05, 0) is 32.2 Å². The Labute approximate surface area is 107 Å². The van der Waals surface area contributed by atoms with Gasteiger partial charge in [0.15, 0.2) is 5.76 Å². The molecule has 2 heterocycles. The summed E-state index contributed by atoms with van der Waals surface area (Å²) in [4.78, 5) is 14.1. The molecule has 0 spiro atoms. The average molecular weight is 251 g/mol. The first-order valence-corrected chi connectivity index (χ1v) is 6.54. The molecule has 1 amide bonds. The summed E-state index contributed by atoms with van der Waals surface area (Å²) in [7, 11) is 0. The minimum atomic E-state index is 0.0590. The van der Waals surface area contributed by atoms with Gasteiger partial charge in [-0.3, -0.25) is 4.79 Å². The van der Waals surface area contributed by atoms with Crippen molar-refractivity contribution in [3.8, 4) is 0 Å². The quantitative estimate of drug-likeness (QED) is 0.882. The number of carbonyl (C=O) groups is 1. The van der Waals surface area contributed by atoms with Gasteiger partial charge in [0.2, 0.25) is 5.91 Å². The monoisotopic (exact) mass is 251 g/mol. The van der Waals surface area contributed by atoms with Crippen LogP contribution in [0, 0.1) is 12.8 Å². The number of nitrogens with two attached hydrogens (primary N) is 1. The van der Waals surface area contributed by atoms with Crippen LogP contribution in [0.1, 0.15) is 43.7 Å². The molecule has 0 saturated carbocycles. The third kappa shape index (κ3) is 2.72. The topological polar surface area (TPSA) is 72.4 Å². The van der Waals surface area contributed by atoms with Crippen LogP contribution < -0.4 is 5.73 Å². The molecular weight excluding hydrogens is 230 g/mol. The van der Waals surface area contributed by atoms with Gasteiger partial charge in [0, 0.05) is 19.0 Å². The number of nitrogens with zero attached hydrogens (tertiary/aromatic N) is 2. The highest BCUT2D eigenvalue weighted by molar-refractivity contribution is 5.77. The van der Waals surface area contributed by atoms with Gasteiger partial charge in [0.25, 0.3) is 0 Å². The van der Waals surface area contributed by atoms with E-state index < -0.39 is 0 Å². The number of hydrogen-bond acceptors (Lipinski definition) is 4. The molecule has 1 saturated heterocycles. The van der Waals surface area contributed by atoms with Crippen molar-refractivity contribution in [2.24, 2.45) is 11.7 Å². The van der Waals surface area contributed by atoms with Gasteiger partial charge in [0.1, 0.15) is 0 Å². The van der Waals surface area contributed by atoms with Gasteiger partial charge >= 0.3 is 0 Å². The zero-order valence-corrected chi connectivity index (χ0v) is 11.1. The second-order valence-electron chi connectivity index (χ2n) is 5.16. The average Bonchev–Trinajstić information content (AvgIpc) is 2.96. The molecular formula is C13H21N3O2. The van der Waals surface area contributed by atoms with E-state index in [-0.39, 0.29) is 17.9 Å². The van der Waals surface area contributed by atoms with Gasteiger partial charge in [-0.15, -0.1) is 0 Å². The summed E-state index contributed by atoms with van der Waals surface area (Å²) in [6, 6.07) is 1.98. The maximum absolute atomic E-state index is 12.2. The van der Waals surface area contributed by atoms with Crippen LogP contribution in [0.4, 0.5) is 0 Å². The van der Waals surface area contributed by atoms with Gasteiger partial charge in [-0.2, -0.15) is 0 Å². The third-order valence-corrected chi connectivity index (χ3v) is 3.47. The molecule has 0 bridgehead atoms. The molecule has 100 valence electrons. The SMILES string of the molecule is Cc1cc(C2CCCN2C(=O)CC(C)CN)on1. The van der Waals surface area contributed by atoms with Crippen molar-refractivity contribution >= 4 is 5.91 Å². The van der Waals surface area contributed by atoms with Gasteiger partial charge in [-0.25, -0.2) is 0 Å². The zero-order chi connectivity index (χ0) is 13.1. The molecule has 1 aromatic rings. The molecule has 0 aromatic carbocycles. The summed E-state index contributed by atoms with van der Waals surface area (Å²) >= 11 is 0. The van der Waals surface area contributed by atoms with E-state index in [9.17, 15) is 4.79 Å². The highest BCUT2D eigenvalue weighted by atomic mass is 16.5. The number of aromatic nitrogens is 1. The number of amides is 1. The summed E-state index contributed by atoms with van der Waals surface area (Å²) in [5.41, 5.74) is 6.43. The minimum absolute atomic E-state index is 0.0590. The smallest absolute Gasteiger partial charge is 0.223 e. The second-order valence-corrected chi connectivity index (χ2v) is 5.16. The summed E-state index contributed by atoms with van der Waals surface area (Å²) in [5, 5.41) is 3.90. The lowest BCUT2D eigenvalue weighted by Crippen LogP contribution is -2.32. The Bertz CT molecular complexity index is 416. The van der Waals surface area contributed by atoms with Crippen molar-refractivity contribution in [1.29, 1.82) is 0 Å². The number of rotatable bonds is 4. The molecule has 1 fully saturated rings. The van der Waals surface area contributed by atoms with Crippen molar-refractivity contribution < 1.29 is 9.32 Å². The lowest BCUT2D eigenvalue weighted by atomic mass is 10.1. The molecule has 18 heavy (non-hydrogen) atoms. The molecule has 5 nitrogen and oxygen atoms in total. The zero-order valence-electron chi connectivity index (χ0n) is 11.1. The fraction of sp³-hybridized carbons (Fsp3) is 0.692. The van der Waals surface area contributed by atoms with Gasteiger partial charge in [-0.1, -0.05) is 12.1 Å². The Morgan fingerprint density at radius 3 is 3.11 bits per heavy atom. The lowest BCUT2D eigenvalue weighted by molar-refractivity contribution is -0.133. The molecule has 1 aromatic heterocycles. The Morgan fingerprint density at radius 1 is 1.72 bits per heavy atom. The van der Waals surface area contributed by atoms with Crippen LogP contribution in [0.15, 0.2) is 10.6 Å². The predicted molar refractivity (Wildman–Crippen MR) is 67.8 cm³/mol. The molecule has 2 N–H and O–H groups in total. The lowest BCUT2D eigenvalue weighted by Gasteiger charge is -2.23. The fourth-order valence-electron chi connectivity index (χ4n) is 2.40. The van der Waals surface area contributed by atoms with E-state index in [4.69, 9.17) is 10.3 Å². The Morgan fingerprint density at radius 2 is 2.50 bits per heavy atom. The number of aryl methyl sites for hydroxylation is 1. The van der Waals surface area contributed by atoms with E-state index in [1.54, 1.807) is 0 Å². The van der Waals surface area contributed by atoms with E-state index in [0.29, 0.717) is 13.0 Å². The maximum atomic E-state index is 12.2. The molecule has 2 rings (SSSR count). The van der Waals surface area contributed by atoms with E-state index in [1.807, 2.05) is 24.8 Å². The molecule has 0 radical (unpaired) electrons. The van der Waals surface area contributed by atoms with Crippen LogP contribution in [-0.2, 0) is 4.79 Å². The van der Waals surface area contributed by atoms with Gasteiger partial charge in [0.05, 0.1) is 11.7 Å². The molecule has 0 aliphatic carbocycles. The minimum Gasteiger partial charge on any atom is -0.359 e. The molecule has 2 atom stereocenters. The van der Waals surface area contributed by atoms with Crippen LogP contribution in [0.2, 0.25) is 0 Å². The number of hydrogen-bond donors (Lipinski definition) is 1. The largest absolute Gasteiger partial charge is 0.359 e. The first-order valence-electron chi connectivity index (χ1n) is 6.54. The summed E-state index contributed by atoms with van der Waals surface area (Å²) in [6.07, 6.45) is 2.49. The number of carbonyl (C=O) groups excluding carboxylic acids is 1. The molecule has 2 unspecified atom stereocenters. The Kier molecular flexibility index (Phi) is 4.01. The maximum Gasteiger partial charge on any atom is 0.223 e. The highest BCUT2D eigenvalue weighted by Crippen LogP contribution is 2.33. The van der Waals surface area contributed by atoms with Crippen molar-refractivity contribution in [3.63, 3.8) is 0 Å². The number of likely N-dealkylation sites (tertiary alicyclic amines) is 1. The van der Waals surface area contributed by atoms with Crippen LogP contribution >= 0.6 is 0 Å². The van der Waals surface area contributed by atoms with Crippen molar-refractivity contribution in [2.75, 3.05) is 13.1 Å². The van der Waals surface area contributed by atoms with Crippen LogP contribution in [0.25, 0.3) is 0 Å². The Hall–Kier alpha value is -1.36. The first-order chi connectivity index (χ1) is 8.61. The fourth-order valence-corrected chi connectivity index (χ4v) is 2.40. The van der Waals surface area contributed by atoms with Gasteiger partial charge < -0.3 is 15.2 Å². The molecule has 5 heteroatoms. The van der Waals surface area contributed by atoms with Crippen LogP contribution in [-0.4, -0.2) is 29.1 Å².